The summed E-state index contributed by atoms with van der Waals surface area (Å²) in [7, 11) is 0. The summed E-state index contributed by atoms with van der Waals surface area (Å²) in [5.41, 5.74) is 4.79. The fourth-order valence-corrected chi connectivity index (χ4v) is 4.01. The zero-order valence-corrected chi connectivity index (χ0v) is 15.5. The second-order valence-corrected chi connectivity index (χ2v) is 7.34. The van der Waals surface area contributed by atoms with E-state index in [1.54, 1.807) is 0 Å². The van der Waals surface area contributed by atoms with Crippen LogP contribution in [-0.4, -0.2) is 20.6 Å². The Morgan fingerprint density at radius 2 is 1.88 bits per heavy atom. The van der Waals surface area contributed by atoms with Crippen molar-refractivity contribution in [1.29, 1.82) is 0 Å². The van der Waals surface area contributed by atoms with Crippen LogP contribution in [0.4, 0.5) is 5.82 Å². The lowest BCUT2D eigenvalue weighted by molar-refractivity contribution is 0.461. The molecule has 4 rings (SSSR count). The molecule has 4 nitrogen and oxygen atoms in total. The number of aryl methyl sites for hydroxylation is 2. The van der Waals surface area contributed by atoms with Crippen molar-refractivity contribution in [3.05, 3.63) is 46.7 Å². The van der Waals surface area contributed by atoms with Gasteiger partial charge >= 0.3 is 0 Å². The van der Waals surface area contributed by atoms with Crippen molar-refractivity contribution in [1.82, 2.24) is 14.6 Å². The first-order valence-electron chi connectivity index (χ1n) is 9.02. The molecule has 0 spiro atoms. The van der Waals surface area contributed by atoms with Gasteiger partial charge < -0.3 is 5.32 Å². The van der Waals surface area contributed by atoms with Crippen LogP contribution in [0.2, 0.25) is 5.02 Å². The van der Waals surface area contributed by atoms with Crippen LogP contribution in [-0.2, 0) is 0 Å². The largest absolute Gasteiger partial charge is 0.367 e. The van der Waals surface area contributed by atoms with E-state index in [1.807, 2.05) is 42.6 Å². The number of halogens is 1. The topological polar surface area (TPSA) is 42.2 Å². The third-order valence-corrected chi connectivity index (χ3v) is 5.32. The highest BCUT2D eigenvalue weighted by Gasteiger charge is 2.20. The molecular weight excluding hydrogens is 332 g/mol. The normalized spacial score (nSPS) is 15.6. The Morgan fingerprint density at radius 1 is 1.12 bits per heavy atom. The fraction of sp³-hybridized carbons (Fsp3) is 0.400. The predicted octanol–water partition coefficient (Wildman–Crippen LogP) is 5.41. The average Bonchev–Trinajstić information content (AvgIpc) is 2.92. The van der Waals surface area contributed by atoms with Crippen LogP contribution in [0.5, 0.6) is 0 Å². The summed E-state index contributed by atoms with van der Waals surface area (Å²) in [4.78, 5) is 4.77. The third kappa shape index (κ3) is 3.11. The number of nitrogens with one attached hydrogen (secondary N) is 1. The van der Waals surface area contributed by atoms with Crippen LogP contribution in [0.15, 0.2) is 30.3 Å². The molecule has 25 heavy (non-hydrogen) atoms. The molecular formula is C20H23ClN4. The smallest absolute Gasteiger partial charge is 0.165 e. The molecule has 0 bridgehead atoms. The van der Waals surface area contributed by atoms with Crippen LogP contribution in [0.1, 0.15) is 43.5 Å². The van der Waals surface area contributed by atoms with Gasteiger partial charge in [0.1, 0.15) is 5.82 Å². The second-order valence-electron chi connectivity index (χ2n) is 6.94. The molecule has 0 unspecified atom stereocenters. The van der Waals surface area contributed by atoms with Crippen molar-refractivity contribution in [3.8, 4) is 11.1 Å². The fourth-order valence-electron chi connectivity index (χ4n) is 3.78. The molecule has 130 valence electrons. The van der Waals surface area contributed by atoms with Gasteiger partial charge in [0.15, 0.2) is 5.65 Å². The minimum absolute atomic E-state index is 0.520. The number of aromatic nitrogens is 3. The lowest BCUT2D eigenvalue weighted by Crippen LogP contribution is -2.24. The van der Waals surface area contributed by atoms with E-state index in [2.05, 4.69) is 11.4 Å². The Hall–Kier alpha value is -2.07. The summed E-state index contributed by atoms with van der Waals surface area (Å²) in [5, 5.41) is 9.20. The van der Waals surface area contributed by atoms with Gasteiger partial charge in [0, 0.05) is 28.4 Å². The Balaban J connectivity index is 1.84. The van der Waals surface area contributed by atoms with Crippen molar-refractivity contribution >= 4 is 23.1 Å². The number of rotatable bonds is 3. The average molecular weight is 355 g/mol. The molecule has 1 aliphatic carbocycles. The molecule has 2 aromatic heterocycles. The Morgan fingerprint density at radius 3 is 2.64 bits per heavy atom. The molecule has 0 radical (unpaired) electrons. The standard InChI is InChI=1S/C20H23ClN4/c1-13-12-18(23-15-8-4-3-5-9-15)25-20(22-13)19(14(2)24-25)16-10-6-7-11-17(16)21/h6-7,10-12,15,23H,3-5,8-9H2,1-2H3. The van der Waals surface area contributed by atoms with E-state index in [1.165, 1.54) is 32.1 Å². The molecule has 0 atom stereocenters. The zero-order chi connectivity index (χ0) is 17.4. The molecule has 2 heterocycles. The second kappa shape index (κ2) is 6.68. The van der Waals surface area contributed by atoms with Crippen LogP contribution >= 0.6 is 11.6 Å². The lowest BCUT2D eigenvalue weighted by Gasteiger charge is -2.24. The Labute approximate surface area is 153 Å². The van der Waals surface area contributed by atoms with E-state index >= 15 is 0 Å². The SMILES string of the molecule is Cc1cc(NC2CCCCC2)n2nc(C)c(-c3ccccc3Cl)c2n1. The van der Waals surface area contributed by atoms with Gasteiger partial charge in [0.05, 0.1) is 11.3 Å². The minimum atomic E-state index is 0.520. The first-order chi connectivity index (χ1) is 12.1. The summed E-state index contributed by atoms with van der Waals surface area (Å²) < 4.78 is 1.94. The number of benzene rings is 1. The Kier molecular flexibility index (Phi) is 4.38. The molecule has 3 aromatic rings. The van der Waals surface area contributed by atoms with Gasteiger partial charge in [0.2, 0.25) is 0 Å². The molecule has 0 saturated heterocycles. The molecule has 1 aromatic carbocycles. The maximum Gasteiger partial charge on any atom is 0.165 e. The van der Waals surface area contributed by atoms with Gasteiger partial charge in [-0.05, 0) is 32.8 Å². The van der Waals surface area contributed by atoms with E-state index in [4.69, 9.17) is 21.7 Å². The summed E-state index contributed by atoms with van der Waals surface area (Å²) in [6, 6.07) is 10.5. The number of fused-ring (bicyclic) bond motifs is 1. The van der Waals surface area contributed by atoms with Crippen LogP contribution in [0.25, 0.3) is 16.8 Å². The van der Waals surface area contributed by atoms with Crippen LogP contribution < -0.4 is 5.32 Å². The van der Waals surface area contributed by atoms with Crippen molar-refractivity contribution in [2.24, 2.45) is 0 Å². The van der Waals surface area contributed by atoms with Crippen LogP contribution in [0, 0.1) is 13.8 Å². The van der Waals surface area contributed by atoms with Gasteiger partial charge in [0.25, 0.3) is 0 Å². The molecule has 1 saturated carbocycles. The summed E-state index contributed by atoms with van der Waals surface area (Å²) in [6.45, 7) is 4.05. The third-order valence-electron chi connectivity index (χ3n) is 4.99. The van der Waals surface area contributed by atoms with E-state index in [0.717, 1.165) is 39.0 Å². The van der Waals surface area contributed by atoms with E-state index in [-0.39, 0.29) is 0 Å². The van der Waals surface area contributed by atoms with Gasteiger partial charge in [-0.3, -0.25) is 0 Å². The number of nitrogens with zero attached hydrogens (tertiary/aromatic N) is 3. The van der Waals surface area contributed by atoms with Crippen molar-refractivity contribution < 1.29 is 0 Å². The van der Waals surface area contributed by atoms with Gasteiger partial charge in [-0.1, -0.05) is 49.1 Å². The van der Waals surface area contributed by atoms with Gasteiger partial charge in [-0.15, -0.1) is 0 Å². The lowest BCUT2D eigenvalue weighted by atomic mass is 9.95. The van der Waals surface area contributed by atoms with E-state index < -0.39 is 0 Å². The highest BCUT2D eigenvalue weighted by molar-refractivity contribution is 6.33. The monoisotopic (exact) mass is 354 g/mol. The predicted molar refractivity (Wildman–Crippen MR) is 103 cm³/mol. The number of hydrogen-bond acceptors (Lipinski definition) is 3. The quantitative estimate of drug-likeness (QED) is 0.683. The minimum Gasteiger partial charge on any atom is -0.367 e. The van der Waals surface area contributed by atoms with Gasteiger partial charge in [-0.2, -0.15) is 9.61 Å². The number of anilines is 1. The van der Waals surface area contributed by atoms with Gasteiger partial charge in [-0.25, -0.2) is 4.98 Å². The highest BCUT2D eigenvalue weighted by Crippen LogP contribution is 2.34. The number of hydrogen-bond donors (Lipinski definition) is 1. The molecule has 5 heteroatoms. The summed E-state index contributed by atoms with van der Waals surface area (Å²) in [6.07, 6.45) is 6.39. The molecule has 1 aliphatic rings. The first-order valence-corrected chi connectivity index (χ1v) is 9.39. The van der Waals surface area contributed by atoms with Crippen molar-refractivity contribution in [2.45, 2.75) is 52.0 Å². The molecule has 0 aliphatic heterocycles. The van der Waals surface area contributed by atoms with E-state index in [0.29, 0.717) is 6.04 Å². The summed E-state index contributed by atoms with van der Waals surface area (Å²) in [5.74, 6) is 1.02. The van der Waals surface area contributed by atoms with Crippen molar-refractivity contribution in [3.63, 3.8) is 0 Å². The Bertz CT molecular complexity index is 909. The molecule has 0 amide bonds. The zero-order valence-electron chi connectivity index (χ0n) is 14.7. The summed E-state index contributed by atoms with van der Waals surface area (Å²) >= 11 is 6.44. The molecule has 1 N–H and O–H groups in total. The maximum absolute atomic E-state index is 6.44. The molecule has 1 fully saturated rings. The van der Waals surface area contributed by atoms with Crippen molar-refractivity contribution in [2.75, 3.05) is 5.32 Å². The highest BCUT2D eigenvalue weighted by atomic mass is 35.5. The van der Waals surface area contributed by atoms with Crippen LogP contribution in [0.3, 0.4) is 0 Å². The maximum atomic E-state index is 6.44. The van der Waals surface area contributed by atoms with E-state index in [9.17, 15) is 0 Å². The first kappa shape index (κ1) is 16.4.